The zero-order valence-corrected chi connectivity index (χ0v) is 16.9. The lowest BCUT2D eigenvalue weighted by Crippen LogP contribution is -2.52. The monoisotopic (exact) mass is 384 g/mol. The van der Waals surface area contributed by atoms with Crippen molar-refractivity contribution in [2.45, 2.75) is 58.0 Å². The first-order chi connectivity index (χ1) is 13.5. The molecule has 28 heavy (non-hydrogen) atoms. The van der Waals surface area contributed by atoms with Crippen molar-refractivity contribution in [3.63, 3.8) is 0 Å². The zero-order chi connectivity index (χ0) is 19.6. The maximum absolute atomic E-state index is 12.6. The Morgan fingerprint density at radius 1 is 1.18 bits per heavy atom. The van der Waals surface area contributed by atoms with Crippen LogP contribution in [0.15, 0.2) is 24.4 Å². The summed E-state index contributed by atoms with van der Waals surface area (Å²) in [4.78, 5) is 34.0. The van der Waals surface area contributed by atoms with Crippen LogP contribution in [0.3, 0.4) is 0 Å². The van der Waals surface area contributed by atoms with E-state index >= 15 is 0 Å². The van der Waals surface area contributed by atoms with Gasteiger partial charge in [0.2, 0.25) is 11.8 Å². The predicted molar refractivity (Wildman–Crippen MR) is 107 cm³/mol. The lowest BCUT2D eigenvalue weighted by Gasteiger charge is -2.42. The van der Waals surface area contributed by atoms with Gasteiger partial charge in [-0.05, 0) is 57.2 Å². The molecule has 1 N–H and O–H groups in total. The average Bonchev–Trinajstić information content (AvgIpc) is 3.51. The van der Waals surface area contributed by atoms with Crippen LogP contribution in [0.25, 0.3) is 0 Å². The predicted octanol–water partition coefficient (Wildman–Crippen LogP) is 2.20. The Morgan fingerprint density at radius 3 is 2.64 bits per heavy atom. The fourth-order valence-electron chi connectivity index (χ4n) is 4.59. The van der Waals surface area contributed by atoms with E-state index in [4.69, 9.17) is 0 Å². The van der Waals surface area contributed by atoms with Gasteiger partial charge in [0, 0.05) is 37.3 Å². The van der Waals surface area contributed by atoms with E-state index in [0.717, 1.165) is 70.4 Å². The minimum Gasteiger partial charge on any atom is -0.350 e. The first kappa shape index (κ1) is 19.4. The van der Waals surface area contributed by atoms with E-state index in [2.05, 4.69) is 27.0 Å². The highest BCUT2D eigenvalue weighted by Crippen LogP contribution is 2.46. The molecule has 3 heterocycles. The van der Waals surface area contributed by atoms with Crippen LogP contribution >= 0.6 is 0 Å². The van der Waals surface area contributed by atoms with Gasteiger partial charge in [0.1, 0.15) is 0 Å². The normalized spacial score (nSPS) is 25.3. The van der Waals surface area contributed by atoms with Crippen molar-refractivity contribution in [2.75, 3.05) is 26.2 Å². The second-order valence-corrected chi connectivity index (χ2v) is 8.96. The standard InChI is InChI=1S/C22H32N4O2/c1-22(9-10-22)21(28)25-13-7-19(8-14-25)26-12-4-5-17(16-26)20(27)24-15-18-6-2-3-11-23-18/h2-3,6,11,17,19H,4-5,7-10,12-16H2,1H3,(H,24,27)/t17-/m1/s1. The molecule has 6 nitrogen and oxygen atoms in total. The third kappa shape index (κ3) is 4.37. The number of likely N-dealkylation sites (tertiary alicyclic amines) is 2. The van der Waals surface area contributed by atoms with Crippen LogP contribution in [-0.4, -0.2) is 58.8 Å². The molecule has 2 amide bonds. The number of hydrogen-bond donors (Lipinski definition) is 1. The van der Waals surface area contributed by atoms with E-state index in [0.29, 0.717) is 18.5 Å². The third-order valence-corrected chi connectivity index (χ3v) is 6.78. The van der Waals surface area contributed by atoms with Crippen molar-refractivity contribution < 1.29 is 9.59 Å². The van der Waals surface area contributed by atoms with Gasteiger partial charge >= 0.3 is 0 Å². The molecule has 0 spiro atoms. The van der Waals surface area contributed by atoms with E-state index in [1.54, 1.807) is 6.20 Å². The number of amides is 2. The van der Waals surface area contributed by atoms with Gasteiger partial charge in [0.05, 0.1) is 18.2 Å². The minimum atomic E-state index is -0.0608. The molecule has 3 aliphatic rings. The molecule has 0 bridgehead atoms. The topological polar surface area (TPSA) is 65.5 Å². The molecule has 3 fully saturated rings. The van der Waals surface area contributed by atoms with E-state index in [9.17, 15) is 9.59 Å². The summed E-state index contributed by atoms with van der Waals surface area (Å²) >= 11 is 0. The van der Waals surface area contributed by atoms with Crippen LogP contribution in [0.1, 0.15) is 51.1 Å². The van der Waals surface area contributed by atoms with Gasteiger partial charge in [-0.25, -0.2) is 0 Å². The number of aromatic nitrogens is 1. The summed E-state index contributed by atoms with van der Waals surface area (Å²) in [6.45, 7) is 6.23. The zero-order valence-electron chi connectivity index (χ0n) is 16.9. The lowest BCUT2D eigenvalue weighted by molar-refractivity contribution is -0.138. The number of carbonyl (C=O) groups excluding carboxylic acids is 2. The molecule has 152 valence electrons. The molecular weight excluding hydrogens is 352 g/mol. The molecule has 0 aromatic carbocycles. The van der Waals surface area contributed by atoms with Crippen LogP contribution in [0.2, 0.25) is 0 Å². The molecule has 0 radical (unpaired) electrons. The Balaban J connectivity index is 1.25. The summed E-state index contributed by atoms with van der Waals surface area (Å²) in [7, 11) is 0. The van der Waals surface area contributed by atoms with Gasteiger partial charge < -0.3 is 10.2 Å². The van der Waals surface area contributed by atoms with Gasteiger partial charge in [-0.2, -0.15) is 0 Å². The smallest absolute Gasteiger partial charge is 0.228 e. The molecule has 0 unspecified atom stereocenters. The van der Waals surface area contributed by atoms with Crippen molar-refractivity contribution in [3.05, 3.63) is 30.1 Å². The van der Waals surface area contributed by atoms with Crippen LogP contribution in [0.4, 0.5) is 0 Å². The Morgan fingerprint density at radius 2 is 1.96 bits per heavy atom. The molecule has 1 saturated carbocycles. The summed E-state index contributed by atoms with van der Waals surface area (Å²) in [6.07, 6.45) is 7.94. The fraction of sp³-hybridized carbons (Fsp3) is 0.682. The van der Waals surface area contributed by atoms with Crippen LogP contribution in [-0.2, 0) is 16.1 Å². The Bertz CT molecular complexity index is 696. The first-order valence-corrected chi connectivity index (χ1v) is 10.8. The second-order valence-electron chi connectivity index (χ2n) is 8.96. The quantitative estimate of drug-likeness (QED) is 0.845. The van der Waals surface area contributed by atoms with Gasteiger partial charge in [-0.15, -0.1) is 0 Å². The maximum Gasteiger partial charge on any atom is 0.228 e. The van der Waals surface area contributed by atoms with Crippen LogP contribution in [0.5, 0.6) is 0 Å². The van der Waals surface area contributed by atoms with Crippen molar-refractivity contribution in [3.8, 4) is 0 Å². The Kier molecular flexibility index (Phi) is 5.67. The SMILES string of the molecule is CC1(C(=O)N2CCC(N3CCC[C@@H](C(=O)NCc4ccccn4)C3)CC2)CC1. The summed E-state index contributed by atoms with van der Waals surface area (Å²) in [5.41, 5.74) is 0.833. The van der Waals surface area contributed by atoms with E-state index in [-0.39, 0.29) is 17.2 Å². The number of hydrogen-bond acceptors (Lipinski definition) is 4. The maximum atomic E-state index is 12.6. The molecule has 1 atom stereocenters. The summed E-state index contributed by atoms with van der Waals surface area (Å²) < 4.78 is 0. The molecule has 6 heteroatoms. The van der Waals surface area contributed by atoms with Gasteiger partial charge in [-0.1, -0.05) is 13.0 Å². The molecule has 2 saturated heterocycles. The highest BCUT2D eigenvalue weighted by molar-refractivity contribution is 5.85. The van der Waals surface area contributed by atoms with E-state index < -0.39 is 0 Å². The van der Waals surface area contributed by atoms with Gasteiger partial charge in [0.15, 0.2) is 0 Å². The largest absolute Gasteiger partial charge is 0.350 e. The summed E-state index contributed by atoms with van der Waals surface area (Å²) in [6, 6.07) is 6.26. The molecule has 4 rings (SSSR count). The fourth-order valence-corrected chi connectivity index (χ4v) is 4.59. The van der Waals surface area contributed by atoms with Crippen molar-refractivity contribution in [1.82, 2.24) is 20.1 Å². The number of pyridine rings is 1. The van der Waals surface area contributed by atoms with Crippen LogP contribution in [0, 0.1) is 11.3 Å². The number of nitrogens with one attached hydrogen (secondary N) is 1. The number of piperidine rings is 2. The Hall–Kier alpha value is -1.95. The third-order valence-electron chi connectivity index (χ3n) is 6.78. The first-order valence-electron chi connectivity index (χ1n) is 10.8. The number of nitrogens with zero attached hydrogens (tertiary/aromatic N) is 3. The minimum absolute atomic E-state index is 0.0579. The summed E-state index contributed by atoms with van der Waals surface area (Å²) in [5, 5.41) is 3.06. The van der Waals surface area contributed by atoms with Crippen molar-refractivity contribution >= 4 is 11.8 Å². The molecule has 1 aliphatic carbocycles. The number of carbonyl (C=O) groups is 2. The molecular formula is C22H32N4O2. The number of rotatable bonds is 5. The lowest BCUT2D eigenvalue weighted by atomic mass is 9.93. The Labute approximate surface area is 167 Å². The summed E-state index contributed by atoms with van der Waals surface area (Å²) in [5.74, 6) is 0.559. The van der Waals surface area contributed by atoms with Gasteiger partial charge in [-0.3, -0.25) is 19.5 Å². The molecule has 1 aromatic rings. The molecule has 1 aromatic heterocycles. The van der Waals surface area contributed by atoms with Crippen LogP contribution < -0.4 is 5.32 Å². The van der Waals surface area contributed by atoms with E-state index in [1.807, 2.05) is 18.2 Å². The van der Waals surface area contributed by atoms with Crippen molar-refractivity contribution in [2.24, 2.45) is 11.3 Å². The molecule has 2 aliphatic heterocycles. The average molecular weight is 385 g/mol. The highest BCUT2D eigenvalue weighted by atomic mass is 16.2. The van der Waals surface area contributed by atoms with Gasteiger partial charge in [0.25, 0.3) is 0 Å². The van der Waals surface area contributed by atoms with Crippen molar-refractivity contribution in [1.29, 1.82) is 0 Å². The second kappa shape index (κ2) is 8.19. The van der Waals surface area contributed by atoms with E-state index in [1.165, 1.54) is 0 Å². The highest BCUT2D eigenvalue weighted by Gasteiger charge is 2.47.